The predicted octanol–water partition coefficient (Wildman–Crippen LogP) is 4.74. The van der Waals surface area contributed by atoms with Crippen molar-refractivity contribution in [3.63, 3.8) is 0 Å². The zero-order chi connectivity index (χ0) is 10.7. The minimum atomic E-state index is 0.706. The molecule has 1 fully saturated rings. The summed E-state index contributed by atoms with van der Waals surface area (Å²) in [5.41, 5.74) is 2.88. The summed E-state index contributed by atoms with van der Waals surface area (Å²) in [6.45, 7) is 4.21. The predicted molar refractivity (Wildman–Crippen MR) is 68.9 cm³/mol. The Morgan fingerprint density at radius 3 is 2.80 bits per heavy atom. The number of rotatable bonds is 2. The Hall–Kier alpha value is -0.560. The molecule has 0 aliphatic heterocycles. The van der Waals surface area contributed by atoms with Gasteiger partial charge in [0.05, 0.1) is 0 Å². The Balaban J connectivity index is 2.08. The summed E-state index contributed by atoms with van der Waals surface area (Å²) < 4.78 is 1.24. The van der Waals surface area contributed by atoms with Crippen LogP contribution in [0, 0.1) is 5.92 Å². The number of benzene rings is 1. The lowest BCUT2D eigenvalue weighted by atomic mass is 9.81. The van der Waals surface area contributed by atoms with Gasteiger partial charge < -0.3 is 0 Å². The third-order valence-electron chi connectivity index (χ3n) is 3.30. The summed E-state index contributed by atoms with van der Waals surface area (Å²) in [4.78, 5) is 0. The average Bonchev–Trinajstić information content (AvgIpc) is 2.24. The van der Waals surface area contributed by atoms with E-state index in [1.165, 1.54) is 41.3 Å². The lowest BCUT2D eigenvalue weighted by Gasteiger charge is -2.24. The molecule has 0 spiro atoms. The molecule has 1 saturated carbocycles. The van der Waals surface area contributed by atoms with Crippen LogP contribution in [0.3, 0.4) is 0 Å². The standard InChI is InChI=1S/C14H17Br/c1-11-6-2-3-7-12(11)10-13-8-4-5-9-14(13)15/h4-5,8-9,12H,1-3,6-7,10H2. The second-order valence-corrected chi connectivity index (χ2v) is 5.25. The van der Waals surface area contributed by atoms with Crippen LogP contribution < -0.4 is 0 Å². The van der Waals surface area contributed by atoms with E-state index in [4.69, 9.17) is 0 Å². The molecule has 15 heavy (non-hydrogen) atoms. The number of hydrogen-bond donors (Lipinski definition) is 0. The van der Waals surface area contributed by atoms with Gasteiger partial charge in [-0.25, -0.2) is 0 Å². The zero-order valence-corrected chi connectivity index (χ0v) is 10.6. The van der Waals surface area contributed by atoms with Gasteiger partial charge >= 0.3 is 0 Å². The van der Waals surface area contributed by atoms with Crippen molar-refractivity contribution in [2.45, 2.75) is 32.1 Å². The average molecular weight is 265 g/mol. The third kappa shape index (κ3) is 2.72. The van der Waals surface area contributed by atoms with Gasteiger partial charge in [-0.1, -0.05) is 52.7 Å². The van der Waals surface area contributed by atoms with Crippen molar-refractivity contribution >= 4 is 15.9 Å². The molecule has 80 valence electrons. The van der Waals surface area contributed by atoms with Crippen LogP contribution in [0.5, 0.6) is 0 Å². The van der Waals surface area contributed by atoms with Crippen LogP contribution in [0.15, 0.2) is 40.9 Å². The van der Waals surface area contributed by atoms with Gasteiger partial charge in [-0.15, -0.1) is 0 Å². The first-order chi connectivity index (χ1) is 7.27. The Morgan fingerprint density at radius 1 is 1.27 bits per heavy atom. The largest absolute Gasteiger partial charge is 0.0996 e. The molecule has 1 aliphatic rings. The number of allylic oxidation sites excluding steroid dienone is 1. The summed E-state index contributed by atoms with van der Waals surface area (Å²) in [6.07, 6.45) is 6.41. The highest BCUT2D eigenvalue weighted by molar-refractivity contribution is 9.10. The highest BCUT2D eigenvalue weighted by Gasteiger charge is 2.18. The fourth-order valence-electron chi connectivity index (χ4n) is 2.33. The first kappa shape index (κ1) is 10.9. The van der Waals surface area contributed by atoms with Crippen LogP contribution in [0.4, 0.5) is 0 Å². The molecule has 0 nitrogen and oxygen atoms in total. The van der Waals surface area contributed by atoms with Crippen molar-refractivity contribution in [2.75, 3.05) is 0 Å². The molecular formula is C14H17Br. The van der Waals surface area contributed by atoms with E-state index in [-0.39, 0.29) is 0 Å². The molecule has 1 aromatic rings. The van der Waals surface area contributed by atoms with E-state index in [0.717, 1.165) is 6.42 Å². The fraction of sp³-hybridized carbons (Fsp3) is 0.429. The number of halogens is 1. The Labute approximate surface area is 101 Å². The van der Waals surface area contributed by atoms with Crippen LogP contribution in [0.25, 0.3) is 0 Å². The fourth-order valence-corrected chi connectivity index (χ4v) is 2.77. The molecule has 1 atom stereocenters. The third-order valence-corrected chi connectivity index (χ3v) is 4.08. The van der Waals surface area contributed by atoms with Crippen LogP contribution in [0.1, 0.15) is 31.2 Å². The van der Waals surface area contributed by atoms with E-state index in [2.05, 4.69) is 46.8 Å². The summed E-state index contributed by atoms with van der Waals surface area (Å²) in [7, 11) is 0. The summed E-state index contributed by atoms with van der Waals surface area (Å²) in [5, 5.41) is 0. The van der Waals surface area contributed by atoms with E-state index in [1.807, 2.05) is 0 Å². The van der Waals surface area contributed by atoms with Gasteiger partial charge in [0, 0.05) is 4.47 Å². The van der Waals surface area contributed by atoms with Crippen molar-refractivity contribution < 1.29 is 0 Å². The molecule has 1 aliphatic carbocycles. The SMILES string of the molecule is C=C1CCCCC1Cc1ccccc1Br. The molecule has 0 N–H and O–H groups in total. The Morgan fingerprint density at radius 2 is 2.07 bits per heavy atom. The maximum Gasteiger partial charge on any atom is 0.0207 e. The quantitative estimate of drug-likeness (QED) is 0.677. The first-order valence-corrected chi connectivity index (χ1v) is 6.48. The molecule has 0 radical (unpaired) electrons. The summed E-state index contributed by atoms with van der Waals surface area (Å²) >= 11 is 3.61. The molecule has 1 heteroatoms. The van der Waals surface area contributed by atoms with E-state index in [1.54, 1.807) is 0 Å². The van der Waals surface area contributed by atoms with Crippen LogP contribution in [-0.2, 0) is 6.42 Å². The summed E-state index contributed by atoms with van der Waals surface area (Å²) in [5.74, 6) is 0.706. The van der Waals surface area contributed by atoms with Gasteiger partial charge in [0.15, 0.2) is 0 Å². The van der Waals surface area contributed by atoms with Crippen molar-refractivity contribution in [1.29, 1.82) is 0 Å². The van der Waals surface area contributed by atoms with Gasteiger partial charge in [0.25, 0.3) is 0 Å². The first-order valence-electron chi connectivity index (χ1n) is 5.68. The molecule has 0 saturated heterocycles. The minimum Gasteiger partial charge on any atom is -0.0996 e. The van der Waals surface area contributed by atoms with Gasteiger partial charge in [0.2, 0.25) is 0 Å². The van der Waals surface area contributed by atoms with Gasteiger partial charge in [-0.3, -0.25) is 0 Å². The molecule has 0 amide bonds. The van der Waals surface area contributed by atoms with Crippen molar-refractivity contribution in [3.05, 3.63) is 46.5 Å². The van der Waals surface area contributed by atoms with Crippen LogP contribution in [-0.4, -0.2) is 0 Å². The van der Waals surface area contributed by atoms with Gasteiger partial charge in [-0.05, 0) is 43.2 Å². The highest BCUT2D eigenvalue weighted by Crippen LogP contribution is 2.32. The lowest BCUT2D eigenvalue weighted by Crippen LogP contribution is -2.12. The lowest BCUT2D eigenvalue weighted by molar-refractivity contribution is 0.452. The van der Waals surface area contributed by atoms with Gasteiger partial charge in [0.1, 0.15) is 0 Å². The highest BCUT2D eigenvalue weighted by atomic mass is 79.9. The monoisotopic (exact) mass is 264 g/mol. The molecule has 0 aromatic heterocycles. The van der Waals surface area contributed by atoms with E-state index < -0.39 is 0 Å². The molecule has 0 heterocycles. The van der Waals surface area contributed by atoms with E-state index in [0.29, 0.717) is 5.92 Å². The van der Waals surface area contributed by atoms with Gasteiger partial charge in [-0.2, -0.15) is 0 Å². The van der Waals surface area contributed by atoms with Crippen LogP contribution in [0.2, 0.25) is 0 Å². The molecule has 1 unspecified atom stereocenters. The minimum absolute atomic E-state index is 0.706. The Bertz CT molecular complexity index is 354. The normalized spacial score (nSPS) is 21.7. The molecule has 1 aromatic carbocycles. The van der Waals surface area contributed by atoms with Crippen LogP contribution >= 0.6 is 15.9 Å². The van der Waals surface area contributed by atoms with Crippen molar-refractivity contribution in [3.8, 4) is 0 Å². The summed E-state index contributed by atoms with van der Waals surface area (Å²) in [6, 6.07) is 8.53. The van der Waals surface area contributed by atoms with Crippen molar-refractivity contribution in [1.82, 2.24) is 0 Å². The maximum atomic E-state index is 4.21. The number of hydrogen-bond acceptors (Lipinski definition) is 0. The van der Waals surface area contributed by atoms with E-state index in [9.17, 15) is 0 Å². The molecule has 2 rings (SSSR count). The molecule has 0 bridgehead atoms. The molecular weight excluding hydrogens is 248 g/mol. The maximum absolute atomic E-state index is 4.21. The Kier molecular flexibility index (Phi) is 3.63. The topological polar surface area (TPSA) is 0 Å². The smallest absolute Gasteiger partial charge is 0.0207 e. The van der Waals surface area contributed by atoms with Crippen molar-refractivity contribution in [2.24, 2.45) is 5.92 Å². The van der Waals surface area contributed by atoms with E-state index >= 15 is 0 Å². The zero-order valence-electron chi connectivity index (χ0n) is 9.01. The second kappa shape index (κ2) is 4.98. The second-order valence-electron chi connectivity index (χ2n) is 4.40.